The second kappa shape index (κ2) is 9.15. The summed E-state index contributed by atoms with van der Waals surface area (Å²) in [5, 5.41) is 3.64. The molecule has 0 spiro atoms. The van der Waals surface area contributed by atoms with Gasteiger partial charge in [-0.05, 0) is 51.5 Å². The summed E-state index contributed by atoms with van der Waals surface area (Å²) in [5.41, 5.74) is 4.19. The molecule has 0 fully saturated rings. The fourth-order valence-corrected chi connectivity index (χ4v) is 2.77. The topological polar surface area (TPSA) is 15.3 Å². The zero-order valence-corrected chi connectivity index (χ0v) is 14.0. The summed E-state index contributed by atoms with van der Waals surface area (Å²) in [4.78, 5) is 2.46. The minimum atomic E-state index is 0.437. The lowest BCUT2D eigenvalue weighted by molar-refractivity contribution is 0.286. The third-order valence-electron chi connectivity index (χ3n) is 3.89. The van der Waals surface area contributed by atoms with Gasteiger partial charge in [0.1, 0.15) is 0 Å². The molecular formula is C18H32N2. The molecule has 0 bridgehead atoms. The molecule has 0 aliphatic heterocycles. The summed E-state index contributed by atoms with van der Waals surface area (Å²) >= 11 is 0. The van der Waals surface area contributed by atoms with Crippen molar-refractivity contribution in [1.29, 1.82) is 0 Å². The number of unbranched alkanes of at least 4 members (excludes halogenated alkanes) is 2. The Balaban J connectivity index is 2.68. The summed E-state index contributed by atoms with van der Waals surface area (Å²) in [6, 6.07) is 7.24. The second-order valence-electron chi connectivity index (χ2n) is 5.94. The number of nitrogens with one attached hydrogen (secondary N) is 1. The molecule has 1 aromatic carbocycles. The van der Waals surface area contributed by atoms with Gasteiger partial charge in [0.05, 0.1) is 0 Å². The van der Waals surface area contributed by atoms with Gasteiger partial charge in [0.15, 0.2) is 0 Å². The van der Waals surface area contributed by atoms with Crippen LogP contribution in [-0.4, -0.2) is 31.6 Å². The van der Waals surface area contributed by atoms with Crippen molar-refractivity contribution in [2.45, 2.75) is 53.0 Å². The van der Waals surface area contributed by atoms with E-state index in [9.17, 15) is 0 Å². The van der Waals surface area contributed by atoms with Crippen molar-refractivity contribution in [2.24, 2.45) is 0 Å². The lowest BCUT2D eigenvalue weighted by Gasteiger charge is -2.26. The number of hydrogen-bond acceptors (Lipinski definition) is 2. The Labute approximate surface area is 125 Å². The summed E-state index contributed by atoms with van der Waals surface area (Å²) < 4.78 is 0. The summed E-state index contributed by atoms with van der Waals surface area (Å²) in [5.74, 6) is 0. The number of benzene rings is 1. The van der Waals surface area contributed by atoms with Gasteiger partial charge in [-0.15, -0.1) is 0 Å². The highest BCUT2D eigenvalue weighted by Gasteiger charge is 2.14. The molecule has 0 aliphatic rings. The molecule has 2 heteroatoms. The Hall–Kier alpha value is -0.860. The molecule has 114 valence electrons. The van der Waals surface area contributed by atoms with Crippen LogP contribution in [0.1, 0.15) is 55.8 Å². The smallest absolute Gasteiger partial charge is 0.0451 e. The monoisotopic (exact) mass is 276 g/mol. The maximum absolute atomic E-state index is 3.64. The highest BCUT2D eigenvalue weighted by atomic mass is 15.1. The Morgan fingerprint density at radius 3 is 2.50 bits per heavy atom. The van der Waals surface area contributed by atoms with E-state index in [1.54, 1.807) is 0 Å². The van der Waals surface area contributed by atoms with Crippen LogP contribution in [0.3, 0.4) is 0 Å². The largest absolute Gasteiger partial charge is 0.309 e. The molecular weight excluding hydrogens is 244 g/mol. The fourth-order valence-electron chi connectivity index (χ4n) is 2.77. The zero-order chi connectivity index (χ0) is 15.0. The van der Waals surface area contributed by atoms with Crippen LogP contribution in [0, 0.1) is 13.8 Å². The van der Waals surface area contributed by atoms with Crippen LogP contribution in [0.25, 0.3) is 0 Å². The first-order chi connectivity index (χ1) is 9.58. The normalized spacial score (nSPS) is 12.9. The van der Waals surface area contributed by atoms with Crippen molar-refractivity contribution in [1.82, 2.24) is 10.2 Å². The average molecular weight is 276 g/mol. The van der Waals surface area contributed by atoms with E-state index in [0.29, 0.717) is 6.04 Å². The van der Waals surface area contributed by atoms with Gasteiger partial charge in [0, 0.05) is 12.6 Å². The van der Waals surface area contributed by atoms with Gasteiger partial charge in [-0.2, -0.15) is 0 Å². The number of hydrogen-bond donors (Lipinski definition) is 1. The second-order valence-corrected chi connectivity index (χ2v) is 5.94. The number of aryl methyl sites for hydroxylation is 2. The Kier molecular flexibility index (Phi) is 7.86. The van der Waals surface area contributed by atoms with Crippen molar-refractivity contribution < 1.29 is 0 Å². The van der Waals surface area contributed by atoms with E-state index in [2.05, 4.69) is 63.2 Å². The van der Waals surface area contributed by atoms with Gasteiger partial charge < -0.3 is 10.2 Å². The average Bonchev–Trinajstić information content (AvgIpc) is 2.38. The first kappa shape index (κ1) is 17.2. The molecule has 1 rings (SSSR count). The van der Waals surface area contributed by atoms with Crippen molar-refractivity contribution in [2.75, 3.05) is 26.7 Å². The predicted molar refractivity (Wildman–Crippen MR) is 89.4 cm³/mol. The summed E-state index contributed by atoms with van der Waals surface area (Å²) in [7, 11) is 2.24. The number of rotatable bonds is 9. The number of likely N-dealkylation sites (N-methyl/N-ethyl adjacent to an activating group) is 2. The Bertz CT molecular complexity index is 387. The van der Waals surface area contributed by atoms with E-state index < -0.39 is 0 Å². The minimum Gasteiger partial charge on any atom is -0.309 e. The van der Waals surface area contributed by atoms with Gasteiger partial charge >= 0.3 is 0 Å². The van der Waals surface area contributed by atoms with Crippen LogP contribution < -0.4 is 5.32 Å². The SMILES string of the molecule is CCCCCN(C)CC(NCC)c1ccc(C)cc1C. The molecule has 0 heterocycles. The highest BCUT2D eigenvalue weighted by molar-refractivity contribution is 5.33. The van der Waals surface area contributed by atoms with E-state index in [1.165, 1.54) is 42.5 Å². The van der Waals surface area contributed by atoms with Gasteiger partial charge in [0.2, 0.25) is 0 Å². The van der Waals surface area contributed by atoms with E-state index in [4.69, 9.17) is 0 Å². The lowest BCUT2D eigenvalue weighted by atomic mass is 9.98. The fraction of sp³-hybridized carbons (Fsp3) is 0.667. The standard InChI is InChI=1S/C18H32N2/c1-6-8-9-12-20(5)14-18(19-7-2)17-11-10-15(3)13-16(17)4/h10-11,13,18-19H,6-9,12,14H2,1-5H3. The molecule has 0 aromatic heterocycles. The third kappa shape index (κ3) is 5.64. The first-order valence-corrected chi connectivity index (χ1v) is 8.07. The third-order valence-corrected chi connectivity index (χ3v) is 3.89. The lowest BCUT2D eigenvalue weighted by Crippen LogP contribution is -2.34. The molecule has 1 unspecified atom stereocenters. The Morgan fingerprint density at radius 2 is 1.90 bits per heavy atom. The molecule has 0 radical (unpaired) electrons. The van der Waals surface area contributed by atoms with Crippen LogP contribution in [0.15, 0.2) is 18.2 Å². The van der Waals surface area contributed by atoms with E-state index in [0.717, 1.165) is 13.1 Å². The zero-order valence-electron chi connectivity index (χ0n) is 14.0. The van der Waals surface area contributed by atoms with Crippen LogP contribution in [-0.2, 0) is 0 Å². The van der Waals surface area contributed by atoms with E-state index in [1.807, 2.05) is 0 Å². The quantitative estimate of drug-likeness (QED) is 0.684. The molecule has 0 saturated carbocycles. The predicted octanol–water partition coefficient (Wildman–Crippen LogP) is 4.08. The van der Waals surface area contributed by atoms with Gasteiger partial charge in [-0.25, -0.2) is 0 Å². The molecule has 1 aromatic rings. The van der Waals surface area contributed by atoms with Crippen LogP contribution in [0.2, 0.25) is 0 Å². The van der Waals surface area contributed by atoms with Crippen LogP contribution in [0.4, 0.5) is 0 Å². The molecule has 0 saturated heterocycles. The van der Waals surface area contributed by atoms with Crippen molar-refractivity contribution >= 4 is 0 Å². The summed E-state index contributed by atoms with van der Waals surface area (Å²) in [6.45, 7) is 12.1. The highest BCUT2D eigenvalue weighted by Crippen LogP contribution is 2.20. The molecule has 20 heavy (non-hydrogen) atoms. The van der Waals surface area contributed by atoms with E-state index in [-0.39, 0.29) is 0 Å². The molecule has 1 atom stereocenters. The molecule has 2 nitrogen and oxygen atoms in total. The van der Waals surface area contributed by atoms with Crippen molar-refractivity contribution in [3.8, 4) is 0 Å². The van der Waals surface area contributed by atoms with Gasteiger partial charge in [0.25, 0.3) is 0 Å². The maximum atomic E-state index is 3.64. The van der Waals surface area contributed by atoms with Crippen LogP contribution >= 0.6 is 0 Å². The van der Waals surface area contributed by atoms with Crippen molar-refractivity contribution in [3.05, 3.63) is 34.9 Å². The van der Waals surface area contributed by atoms with Gasteiger partial charge in [-0.3, -0.25) is 0 Å². The van der Waals surface area contributed by atoms with Crippen molar-refractivity contribution in [3.63, 3.8) is 0 Å². The van der Waals surface area contributed by atoms with Crippen LogP contribution in [0.5, 0.6) is 0 Å². The van der Waals surface area contributed by atoms with Gasteiger partial charge in [-0.1, -0.05) is 50.5 Å². The Morgan fingerprint density at radius 1 is 1.15 bits per heavy atom. The molecule has 0 aliphatic carbocycles. The minimum absolute atomic E-state index is 0.437. The maximum Gasteiger partial charge on any atom is 0.0451 e. The number of nitrogens with zero attached hydrogens (tertiary/aromatic N) is 1. The molecule has 1 N–H and O–H groups in total. The first-order valence-electron chi connectivity index (χ1n) is 8.07. The van der Waals surface area contributed by atoms with E-state index >= 15 is 0 Å². The summed E-state index contributed by atoms with van der Waals surface area (Å²) in [6.07, 6.45) is 3.93. The molecule has 0 amide bonds.